The van der Waals surface area contributed by atoms with Gasteiger partial charge in [0.2, 0.25) is 11.7 Å². The van der Waals surface area contributed by atoms with Crippen molar-refractivity contribution < 1.29 is 22.5 Å². The predicted molar refractivity (Wildman–Crippen MR) is 138 cm³/mol. The van der Waals surface area contributed by atoms with E-state index in [-0.39, 0.29) is 4.90 Å². The summed E-state index contributed by atoms with van der Waals surface area (Å²) in [5.74, 6) is 0.953. The van der Waals surface area contributed by atoms with Crippen LogP contribution in [0.3, 0.4) is 0 Å². The molecule has 0 saturated carbocycles. The zero-order valence-electron chi connectivity index (χ0n) is 20.6. The van der Waals surface area contributed by atoms with E-state index in [2.05, 4.69) is 25.1 Å². The number of fused-ring (bicyclic) bond motifs is 1. The van der Waals surface area contributed by atoms with Crippen molar-refractivity contribution in [3.8, 4) is 11.4 Å². The first kappa shape index (κ1) is 24.9. The van der Waals surface area contributed by atoms with E-state index in [1.807, 2.05) is 36.6 Å². The molecule has 2 aromatic carbocycles. The van der Waals surface area contributed by atoms with Crippen molar-refractivity contribution in [1.82, 2.24) is 24.3 Å². The lowest BCUT2D eigenvalue weighted by Crippen LogP contribution is -2.35. The van der Waals surface area contributed by atoms with Crippen molar-refractivity contribution >= 4 is 32.6 Å². The van der Waals surface area contributed by atoms with Crippen molar-refractivity contribution in [3.63, 3.8) is 0 Å². The van der Waals surface area contributed by atoms with Gasteiger partial charge in [0.05, 0.1) is 35.9 Å². The molecular weight excluding hydrogens is 496 g/mol. The molecule has 194 valence electrons. The van der Waals surface area contributed by atoms with E-state index in [1.54, 1.807) is 18.3 Å². The quantitative estimate of drug-likeness (QED) is 0.376. The Morgan fingerprint density at radius 2 is 1.86 bits per heavy atom. The van der Waals surface area contributed by atoms with Crippen LogP contribution in [0.25, 0.3) is 22.3 Å². The molecule has 2 N–H and O–H groups in total. The Hall–Kier alpha value is -3.74. The third-order valence-corrected chi connectivity index (χ3v) is 7.56. The average Bonchev–Trinajstić information content (AvgIpc) is 3.49. The largest absolute Gasteiger partial charge is 0.379 e. The number of nitrogens with zero attached hydrogens (tertiary/aromatic N) is 4. The van der Waals surface area contributed by atoms with Gasteiger partial charge in [-0.05, 0) is 44.2 Å². The van der Waals surface area contributed by atoms with Crippen LogP contribution >= 0.6 is 0 Å². The summed E-state index contributed by atoms with van der Waals surface area (Å²) in [5, 5.41) is 7.54. The fourth-order valence-electron chi connectivity index (χ4n) is 4.23. The minimum atomic E-state index is -4.02. The average molecular weight is 525 g/mol. The first-order valence-corrected chi connectivity index (χ1v) is 13.5. The number of rotatable bonds is 7. The van der Waals surface area contributed by atoms with Gasteiger partial charge in [-0.1, -0.05) is 22.9 Å². The van der Waals surface area contributed by atoms with Crippen LogP contribution in [0.2, 0.25) is 0 Å². The Kier molecular flexibility index (Phi) is 6.96. The molecule has 37 heavy (non-hydrogen) atoms. The standard InChI is InChI=1S/C25H28N6O5S/c1-3-31-15-21(26-25(32)29-37(33,34)19-7-4-17(2)5-8-19)20-14-18(6-9-22(20)31)24-27-23(36-28-24)16-30-10-12-35-13-11-30/h4-9,14-15H,3,10-13,16H2,1-2H3,(H2,26,29,32). The number of sulfonamides is 1. The summed E-state index contributed by atoms with van der Waals surface area (Å²) in [4.78, 5) is 19.4. The van der Waals surface area contributed by atoms with Gasteiger partial charge in [-0.3, -0.25) is 4.90 Å². The van der Waals surface area contributed by atoms with Crippen molar-refractivity contribution in [3.05, 3.63) is 60.1 Å². The Bertz CT molecular complexity index is 1520. The van der Waals surface area contributed by atoms with Crippen LogP contribution in [0, 0.1) is 6.92 Å². The third-order valence-electron chi connectivity index (χ3n) is 6.22. The molecule has 0 spiro atoms. The molecule has 3 heterocycles. The van der Waals surface area contributed by atoms with Crippen LogP contribution in [0.4, 0.5) is 10.5 Å². The van der Waals surface area contributed by atoms with Crippen LogP contribution in [0.5, 0.6) is 0 Å². The summed E-state index contributed by atoms with van der Waals surface area (Å²) in [6, 6.07) is 11.1. The van der Waals surface area contributed by atoms with Crippen molar-refractivity contribution in [2.24, 2.45) is 0 Å². The number of ether oxygens (including phenoxy) is 1. The number of carbonyl (C=O) groups is 1. The molecule has 1 fully saturated rings. The smallest absolute Gasteiger partial charge is 0.333 e. The molecule has 0 aliphatic carbocycles. The number of aromatic nitrogens is 3. The molecule has 11 nitrogen and oxygen atoms in total. The fourth-order valence-corrected chi connectivity index (χ4v) is 5.14. The molecule has 12 heteroatoms. The molecule has 1 aliphatic rings. The van der Waals surface area contributed by atoms with Gasteiger partial charge in [0.15, 0.2) is 0 Å². The lowest BCUT2D eigenvalue weighted by Gasteiger charge is -2.24. The van der Waals surface area contributed by atoms with Crippen molar-refractivity contribution in [2.45, 2.75) is 31.8 Å². The molecule has 0 radical (unpaired) electrons. The Morgan fingerprint density at radius 3 is 2.59 bits per heavy atom. The molecule has 1 aliphatic heterocycles. The molecule has 4 aromatic rings. The molecule has 5 rings (SSSR count). The topological polar surface area (TPSA) is 132 Å². The van der Waals surface area contributed by atoms with E-state index >= 15 is 0 Å². The minimum Gasteiger partial charge on any atom is -0.379 e. The van der Waals surface area contributed by atoms with Gasteiger partial charge in [0.1, 0.15) is 0 Å². The number of benzene rings is 2. The summed E-state index contributed by atoms with van der Waals surface area (Å²) < 4.78 is 40.2. The Balaban J connectivity index is 1.37. The molecule has 0 atom stereocenters. The molecule has 1 saturated heterocycles. The zero-order valence-corrected chi connectivity index (χ0v) is 21.4. The van der Waals surface area contributed by atoms with Crippen LogP contribution < -0.4 is 10.0 Å². The van der Waals surface area contributed by atoms with Gasteiger partial charge in [-0.25, -0.2) is 17.9 Å². The number of morpholine rings is 1. The monoisotopic (exact) mass is 524 g/mol. The summed E-state index contributed by atoms with van der Waals surface area (Å²) in [6.45, 7) is 8.03. The van der Waals surface area contributed by atoms with Crippen LogP contribution in [-0.2, 0) is 27.8 Å². The number of anilines is 1. The Morgan fingerprint density at radius 1 is 1.11 bits per heavy atom. The number of hydrogen-bond donors (Lipinski definition) is 2. The maximum absolute atomic E-state index is 12.7. The number of amides is 2. The van der Waals surface area contributed by atoms with Gasteiger partial charge in [0.25, 0.3) is 10.0 Å². The first-order valence-electron chi connectivity index (χ1n) is 12.0. The third kappa shape index (κ3) is 5.50. The van der Waals surface area contributed by atoms with E-state index in [4.69, 9.17) is 9.26 Å². The maximum atomic E-state index is 12.7. The van der Waals surface area contributed by atoms with E-state index in [0.29, 0.717) is 49.3 Å². The van der Waals surface area contributed by atoms with Crippen molar-refractivity contribution in [2.75, 3.05) is 31.6 Å². The lowest BCUT2D eigenvalue weighted by atomic mass is 10.1. The second-order valence-electron chi connectivity index (χ2n) is 8.83. The summed E-state index contributed by atoms with van der Waals surface area (Å²) in [6.07, 6.45) is 1.77. The van der Waals surface area contributed by atoms with Gasteiger partial charge < -0.3 is 19.1 Å². The molecule has 0 unspecified atom stereocenters. The second kappa shape index (κ2) is 10.3. The van der Waals surface area contributed by atoms with Gasteiger partial charge >= 0.3 is 6.03 Å². The molecular formula is C25H28N6O5S. The summed E-state index contributed by atoms with van der Waals surface area (Å²) in [7, 11) is -4.02. The number of hydrogen-bond acceptors (Lipinski definition) is 8. The number of urea groups is 1. The number of nitrogens with one attached hydrogen (secondary N) is 2. The summed E-state index contributed by atoms with van der Waals surface area (Å²) >= 11 is 0. The number of carbonyl (C=O) groups excluding carboxylic acids is 1. The van der Waals surface area contributed by atoms with Crippen LogP contribution in [0.1, 0.15) is 18.4 Å². The van der Waals surface area contributed by atoms with E-state index < -0.39 is 16.1 Å². The highest BCUT2D eigenvalue weighted by Crippen LogP contribution is 2.30. The van der Waals surface area contributed by atoms with E-state index in [0.717, 1.165) is 29.6 Å². The van der Waals surface area contributed by atoms with Crippen LogP contribution in [-0.4, -0.2) is 60.4 Å². The first-order chi connectivity index (χ1) is 17.8. The molecule has 2 amide bonds. The molecule has 0 bridgehead atoms. The van der Waals surface area contributed by atoms with Gasteiger partial charge in [-0.15, -0.1) is 0 Å². The highest BCUT2D eigenvalue weighted by Gasteiger charge is 2.20. The highest BCUT2D eigenvalue weighted by atomic mass is 32.2. The maximum Gasteiger partial charge on any atom is 0.333 e. The normalized spacial score (nSPS) is 14.6. The Labute approximate surface area is 214 Å². The lowest BCUT2D eigenvalue weighted by molar-refractivity contribution is 0.0297. The van der Waals surface area contributed by atoms with Gasteiger partial charge in [0, 0.05) is 36.8 Å². The zero-order chi connectivity index (χ0) is 26.0. The number of aryl methyl sites for hydroxylation is 2. The highest BCUT2D eigenvalue weighted by molar-refractivity contribution is 7.90. The fraction of sp³-hybridized carbons (Fsp3) is 0.320. The second-order valence-corrected chi connectivity index (χ2v) is 10.5. The predicted octanol–water partition coefficient (Wildman–Crippen LogP) is 3.36. The summed E-state index contributed by atoms with van der Waals surface area (Å²) in [5.41, 5.74) is 2.97. The minimum absolute atomic E-state index is 0.0107. The molecule has 2 aromatic heterocycles. The van der Waals surface area contributed by atoms with Crippen LogP contribution in [0.15, 0.2) is 58.1 Å². The van der Waals surface area contributed by atoms with Crippen molar-refractivity contribution in [1.29, 1.82) is 0 Å². The van der Waals surface area contributed by atoms with E-state index in [1.165, 1.54) is 12.1 Å². The SMILES string of the molecule is CCn1cc(NC(=O)NS(=O)(=O)c2ccc(C)cc2)c2cc(-c3noc(CN4CCOCC4)n3)ccc21. The van der Waals surface area contributed by atoms with E-state index in [9.17, 15) is 13.2 Å². The van der Waals surface area contributed by atoms with Gasteiger partial charge in [-0.2, -0.15) is 4.98 Å².